The maximum atomic E-state index is 13.9. The zero-order chi connectivity index (χ0) is 23.2. The van der Waals surface area contributed by atoms with Gasteiger partial charge in [0.05, 0.1) is 5.69 Å². The van der Waals surface area contributed by atoms with Crippen LogP contribution < -0.4 is 10.2 Å². The van der Waals surface area contributed by atoms with E-state index in [0.717, 1.165) is 29.9 Å². The average Bonchev–Trinajstić information content (AvgIpc) is 2.83. The fraction of sp³-hybridized carbons (Fsp3) is 0.360. The molecule has 7 nitrogen and oxygen atoms in total. The molecular weight excluding hydrogens is 419 g/mol. The Morgan fingerprint density at radius 2 is 1.88 bits per heavy atom. The number of carbonyl (C=O) groups is 1. The number of hydrogen-bond donors (Lipinski definition) is 1. The summed E-state index contributed by atoms with van der Waals surface area (Å²) in [6, 6.07) is 12.4. The number of para-hydroxylation sites is 1. The summed E-state index contributed by atoms with van der Waals surface area (Å²) < 4.78 is 13.9. The first-order valence-corrected chi connectivity index (χ1v) is 11.3. The van der Waals surface area contributed by atoms with Gasteiger partial charge < -0.3 is 15.1 Å². The molecule has 8 heteroatoms. The Morgan fingerprint density at radius 3 is 2.61 bits per heavy atom. The van der Waals surface area contributed by atoms with Gasteiger partial charge in [-0.05, 0) is 50.1 Å². The second-order valence-corrected chi connectivity index (χ2v) is 8.40. The molecular formula is C25H29FN6O. The van der Waals surface area contributed by atoms with Crippen molar-refractivity contribution in [2.24, 2.45) is 0 Å². The molecule has 1 amide bonds. The molecule has 0 atom stereocenters. The second kappa shape index (κ2) is 10.4. The Morgan fingerprint density at radius 1 is 1.15 bits per heavy atom. The Labute approximate surface area is 193 Å². The molecule has 1 N–H and O–H groups in total. The molecule has 1 fully saturated rings. The van der Waals surface area contributed by atoms with Gasteiger partial charge in [0.2, 0.25) is 11.9 Å². The molecule has 1 aliphatic rings. The Hall–Kier alpha value is -3.55. The van der Waals surface area contributed by atoms with Gasteiger partial charge in [-0.1, -0.05) is 12.1 Å². The largest absolute Gasteiger partial charge is 0.372 e. The molecule has 3 heterocycles. The molecule has 1 saturated heterocycles. The van der Waals surface area contributed by atoms with Crippen LogP contribution in [0.2, 0.25) is 0 Å². The standard InChI is InChI=1S/C25H29FN6O/c1-18-16-20(30-25-27-11-5-12-28-25)17-22(29-18)19-8-14-32(15-9-19)24(33)10-13-31(2)23-7-4-3-6-21(23)26/h3-7,11-12,16-17,19H,8-10,13-15H2,1-2H3,(H,27,28,29,30). The smallest absolute Gasteiger partial charge is 0.227 e. The monoisotopic (exact) mass is 448 g/mol. The lowest BCUT2D eigenvalue weighted by atomic mass is 9.92. The lowest BCUT2D eigenvalue weighted by Crippen LogP contribution is -2.39. The summed E-state index contributed by atoms with van der Waals surface area (Å²) >= 11 is 0. The predicted molar refractivity (Wildman–Crippen MR) is 127 cm³/mol. The van der Waals surface area contributed by atoms with Gasteiger partial charge in [0.15, 0.2) is 0 Å². The van der Waals surface area contributed by atoms with Crippen LogP contribution in [0.1, 0.15) is 36.6 Å². The molecule has 0 radical (unpaired) electrons. The van der Waals surface area contributed by atoms with Gasteiger partial charge in [0.1, 0.15) is 5.82 Å². The minimum atomic E-state index is -0.272. The third-order valence-electron chi connectivity index (χ3n) is 5.99. The first-order valence-electron chi connectivity index (χ1n) is 11.3. The minimum absolute atomic E-state index is 0.109. The van der Waals surface area contributed by atoms with Crippen LogP contribution in [0, 0.1) is 12.7 Å². The number of pyridine rings is 1. The number of likely N-dealkylation sites (tertiary alicyclic amines) is 1. The van der Waals surface area contributed by atoms with E-state index in [2.05, 4.69) is 21.4 Å². The Kier molecular flexibility index (Phi) is 7.12. The molecule has 2 aromatic heterocycles. The van der Waals surface area contributed by atoms with Gasteiger partial charge in [-0.15, -0.1) is 0 Å². The topological polar surface area (TPSA) is 74.2 Å². The van der Waals surface area contributed by atoms with E-state index in [1.54, 1.807) is 41.6 Å². The lowest BCUT2D eigenvalue weighted by molar-refractivity contribution is -0.132. The summed E-state index contributed by atoms with van der Waals surface area (Å²) in [7, 11) is 1.81. The summed E-state index contributed by atoms with van der Waals surface area (Å²) in [6.07, 6.45) is 5.50. The SMILES string of the molecule is Cc1cc(Nc2ncccn2)cc(C2CCN(C(=O)CCN(C)c3ccccc3F)CC2)n1. The number of piperidine rings is 1. The van der Waals surface area contributed by atoms with Crippen molar-refractivity contribution in [3.8, 4) is 0 Å². The van der Waals surface area contributed by atoms with Crippen LogP contribution in [-0.4, -0.2) is 52.4 Å². The quantitative estimate of drug-likeness (QED) is 0.581. The van der Waals surface area contributed by atoms with Crippen LogP contribution >= 0.6 is 0 Å². The molecule has 1 aliphatic heterocycles. The number of amides is 1. The van der Waals surface area contributed by atoms with Crippen LogP contribution in [0.4, 0.5) is 21.7 Å². The highest BCUT2D eigenvalue weighted by molar-refractivity contribution is 5.77. The van der Waals surface area contributed by atoms with E-state index in [0.29, 0.717) is 43.6 Å². The van der Waals surface area contributed by atoms with Crippen molar-refractivity contribution in [1.82, 2.24) is 19.9 Å². The maximum Gasteiger partial charge on any atom is 0.227 e. The van der Waals surface area contributed by atoms with E-state index in [1.165, 1.54) is 6.07 Å². The minimum Gasteiger partial charge on any atom is -0.372 e. The highest BCUT2D eigenvalue weighted by Gasteiger charge is 2.25. The molecule has 1 aromatic carbocycles. The average molecular weight is 449 g/mol. The molecule has 0 saturated carbocycles. The van der Waals surface area contributed by atoms with Gasteiger partial charge in [-0.25, -0.2) is 14.4 Å². The molecule has 3 aromatic rings. The summed E-state index contributed by atoms with van der Waals surface area (Å²) in [5.74, 6) is 0.686. The van der Waals surface area contributed by atoms with Gasteiger partial charge in [-0.2, -0.15) is 0 Å². The zero-order valence-electron chi connectivity index (χ0n) is 19.0. The van der Waals surface area contributed by atoms with Crippen LogP contribution in [0.25, 0.3) is 0 Å². The van der Waals surface area contributed by atoms with E-state index in [1.807, 2.05) is 24.9 Å². The first kappa shape index (κ1) is 22.6. The van der Waals surface area contributed by atoms with E-state index >= 15 is 0 Å². The lowest BCUT2D eigenvalue weighted by Gasteiger charge is -2.32. The Bertz CT molecular complexity index is 1090. The van der Waals surface area contributed by atoms with E-state index < -0.39 is 0 Å². The molecule has 0 aliphatic carbocycles. The molecule has 33 heavy (non-hydrogen) atoms. The van der Waals surface area contributed by atoms with Crippen LogP contribution in [0.5, 0.6) is 0 Å². The number of aromatic nitrogens is 3. The third kappa shape index (κ3) is 5.83. The van der Waals surface area contributed by atoms with Gasteiger partial charge in [0.25, 0.3) is 0 Å². The number of halogens is 1. The predicted octanol–water partition coefficient (Wildman–Crippen LogP) is 4.30. The van der Waals surface area contributed by atoms with Crippen molar-refractivity contribution in [2.75, 3.05) is 36.9 Å². The van der Waals surface area contributed by atoms with E-state index in [4.69, 9.17) is 4.98 Å². The van der Waals surface area contributed by atoms with Crippen molar-refractivity contribution in [1.29, 1.82) is 0 Å². The number of nitrogens with one attached hydrogen (secondary N) is 1. The first-order chi connectivity index (χ1) is 16.0. The van der Waals surface area contributed by atoms with E-state index in [9.17, 15) is 9.18 Å². The highest BCUT2D eigenvalue weighted by atomic mass is 19.1. The fourth-order valence-electron chi connectivity index (χ4n) is 4.20. The summed E-state index contributed by atoms with van der Waals surface area (Å²) in [4.78, 5) is 29.6. The van der Waals surface area contributed by atoms with Crippen molar-refractivity contribution >= 4 is 23.2 Å². The fourth-order valence-corrected chi connectivity index (χ4v) is 4.20. The van der Waals surface area contributed by atoms with Crippen molar-refractivity contribution in [3.63, 3.8) is 0 Å². The normalized spacial score (nSPS) is 14.2. The highest BCUT2D eigenvalue weighted by Crippen LogP contribution is 2.29. The van der Waals surface area contributed by atoms with Gasteiger partial charge in [0, 0.05) is 68.5 Å². The summed E-state index contributed by atoms with van der Waals surface area (Å²) in [5.41, 5.74) is 3.39. The van der Waals surface area contributed by atoms with Crippen LogP contribution in [0.15, 0.2) is 54.9 Å². The third-order valence-corrected chi connectivity index (χ3v) is 5.99. The van der Waals surface area contributed by atoms with E-state index in [-0.39, 0.29) is 11.7 Å². The van der Waals surface area contributed by atoms with Gasteiger partial charge >= 0.3 is 0 Å². The number of anilines is 3. The van der Waals surface area contributed by atoms with Crippen molar-refractivity contribution in [3.05, 3.63) is 72.1 Å². The maximum absolute atomic E-state index is 13.9. The number of benzene rings is 1. The van der Waals surface area contributed by atoms with Gasteiger partial charge in [-0.3, -0.25) is 9.78 Å². The van der Waals surface area contributed by atoms with Crippen LogP contribution in [0.3, 0.4) is 0 Å². The second-order valence-electron chi connectivity index (χ2n) is 8.40. The molecule has 0 bridgehead atoms. The van der Waals surface area contributed by atoms with Crippen molar-refractivity contribution < 1.29 is 9.18 Å². The zero-order valence-corrected chi connectivity index (χ0v) is 19.0. The number of rotatable bonds is 7. The number of aryl methyl sites for hydroxylation is 1. The number of hydrogen-bond acceptors (Lipinski definition) is 6. The van der Waals surface area contributed by atoms with Crippen LogP contribution in [-0.2, 0) is 4.79 Å². The molecule has 0 unspecified atom stereocenters. The molecule has 0 spiro atoms. The number of nitrogens with zero attached hydrogens (tertiary/aromatic N) is 5. The molecule has 4 rings (SSSR count). The van der Waals surface area contributed by atoms with Crippen molar-refractivity contribution in [2.45, 2.75) is 32.1 Å². The number of carbonyl (C=O) groups excluding carboxylic acids is 1. The Balaban J connectivity index is 1.31. The summed E-state index contributed by atoms with van der Waals surface area (Å²) in [6.45, 7) is 3.86. The molecule has 172 valence electrons. The summed E-state index contributed by atoms with van der Waals surface area (Å²) in [5, 5.41) is 3.24.